The predicted octanol–water partition coefficient (Wildman–Crippen LogP) is 6.06. The van der Waals surface area contributed by atoms with Gasteiger partial charge in [0, 0.05) is 53.0 Å². The SMILES string of the molecule is CCC(O)(CC)C(=O)N[C@H]1Cc2ccc3c(c2)C24c5cccc(c5NC2O3)-c2ccc(O)c3c2c(cn3C)-c2cnc(o2)-c2nc(oc24)[C@H](C(C)C)NC1=O. The van der Waals surface area contributed by atoms with E-state index in [2.05, 4.69) is 28.1 Å². The number of carbonyl (C=O) groups excluding carboxylic acids is 2. The molecule has 4 aliphatic heterocycles. The first-order valence-electron chi connectivity index (χ1n) is 18.8. The number of hydrogen-bond acceptors (Lipinski definition) is 10. The van der Waals surface area contributed by atoms with E-state index in [1.54, 1.807) is 26.1 Å². The molecule has 3 aromatic carbocycles. The summed E-state index contributed by atoms with van der Waals surface area (Å²) in [6, 6.07) is 13.8. The van der Waals surface area contributed by atoms with Gasteiger partial charge in [-0.25, -0.2) is 9.97 Å². The number of ether oxygens (including phenoxy) is 1. The van der Waals surface area contributed by atoms with E-state index in [1.807, 2.05) is 62.0 Å². The van der Waals surface area contributed by atoms with E-state index < -0.39 is 41.1 Å². The largest absolute Gasteiger partial charge is 0.506 e. The van der Waals surface area contributed by atoms with Gasteiger partial charge in [-0.1, -0.05) is 58.0 Å². The Bertz CT molecular complexity index is 2610. The first-order valence-corrected chi connectivity index (χ1v) is 18.8. The van der Waals surface area contributed by atoms with E-state index in [9.17, 15) is 19.8 Å². The van der Waals surface area contributed by atoms with E-state index in [-0.39, 0.29) is 42.7 Å². The number of rotatable bonds is 5. The van der Waals surface area contributed by atoms with Crippen molar-refractivity contribution in [3.63, 3.8) is 0 Å². The molecule has 13 nitrogen and oxygen atoms in total. The van der Waals surface area contributed by atoms with Crippen LogP contribution in [0.25, 0.3) is 44.9 Å². The second-order valence-corrected chi connectivity index (χ2v) is 15.5. The second kappa shape index (κ2) is 11.5. The number of aryl methyl sites for hydroxylation is 1. The average molecular weight is 741 g/mol. The van der Waals surface area contributed by atoms with Crippen LogP contribution in [0, 0.1) is 5.92 Å². The van der Waals surface area contributed by atoms with Gasteiger partial charge in [0.1, 0.15) is 34.6 Å². The summed E-state index contributed by atoms with van der Waals surface area (Å²) in [5.74, 6) is 0.894. The molecule has 13 heteroatoms. The molecule has 0 radical (unpaired) electrons. The van der Waals surface area contributed by atoms with Crippen LogP contribution in [0.3, 0.4) is 0 Å². The summed E-state index contributed by atoms with van der Waals surface area (Å²) in [6.07, 6.45) is 3.42. The van der Waals surface area contributed by atoms with Crippen LogP contribution in [0.5, 0.6) is 11.5 Å². The number of aromatic nitrogens is 3. The van der Waals surface area contributed by atoms with Crippen molar-refractivity contribution in [2.45, 2.75) is 76.3 Å². The molecule has 0 saturated carbocycles. The molecule has 4 atom stereocenters. The van der Waals surface area contributed by atoms with Gasteiger partial charge >= 0.3 is 0 Å². The number of para-hydroxylation sites is 1. The van der Waals surface area contributed by atoms with Gasteiger partial charge in [-0.15, -0.1) is 0 Å². The molecule has 0 aliphatic carbocycles. The van der Waals surface area contributed by atoms with Crippen molar-refractivity contribution in [2.24, 2.45) is 13.0 Å². The number of nitrogens with one attached hydrogen (secondary N) is 3. The number of carbonyl (C=O) groups is 2. The standard InChI is InChI=1S/C42H40N6O7/c1-6-41(52,7-2)39(51)44-26-16-20-11-14-28-25(15-20)42-24-10-8-9-22(32(24)47-40(42)54-28)21-12-13-27(49)34-30(21)23(18-48(34)5)29-17-43-37(53-29)33-35(42)55-38(46-33)31(19(3)4)45-36(26)50/h8-15,17-19,26,31,40,47,49,52H,6-7,16H2,1-5H3,(H,44,51)(H,45,50)/t26-,31-,40?,42?/m0/s1. The molecule has 10 rings (SSSR count). The molecule has 4 aliphatic rings. The predicted molar refractivity (Wildman–Crippen MR) is 202 cm³/mol. The zero-order valence-electron chi connectivity index (χ0n) is 31.0. The number of aromatic hydroxyl groups is 1. The Balaban J connectivity index is 1.28. The lowest BCUT2D eigenvalue weighted by Crippen LogP contribution is -2.55. The lowest BCUT2D eigenvalue weighted by atomic mass is 9.72. The molecule has 0 saturated heterocycles. The third-order valence-corrected chi connectivity index (χ3v) is 12.1. The van der Waals surface area contributed by atoms with Crippen molar-refractivity contribution < 1.29 is 33.4 Å². The number of oxazole rings is 2. The maximum absolute atomic E-state index is 14.3. The highest BCUT2D eigenvalue weighted by Crippen LogP contribution is 2.61. The van der Waals surface area contributed by atoms with Crippen LogP contribution in [0.2, 0.25) is 0 Å². The van der Waals surface area contributed by atoms with Crippen LogP contribution in [0.4, 0.5) is 5.69 Å². The van der Waals surface area contributed by atoms with E-state index >= 15 is 0 Å². The van der Waals surface area contributed by atoms with Crippen LogP contribution in [-0.4, -0.2) is 54.4 Å². The zero-order chi connectivity index (χ0) is 38.1. The summed E-state index contributed by atoms with van der Waals surface area (Å²) < 4.78 is 22.3. The summed E-state index contributed by atoms with van der Waals surface area (Å²) >= 11 is 0. The first-order chi connectivity index (χ1) is 26.5. The van der Waals surface area contributed by atoms with Crippen LogP contribution < -0.4 is 20.7 Å². The van der Waals surface area contributed by atoms with Gasteiger partial charge < -0.3 is 44.3 Å². The highest BCUT2D eigenvalue weighted by atomic mass is 16.5. The molecular weight excluding hydrogens is 700 g/mol. The van der Waals surface area contributed by atoms with Gasteiger partial charge in [-0.05, 0) is 48.1 Å². The summed E-state index contributed by atoms with van der Waals surface area (Å²) in [5, 5.41) is 32.8. The van der Waals surface area contributed by atoms with Crippen molar-refractivity contribution in [2.75, 3.05) is 5.32 Å². The number of fused-ring (bicyclic) bond motifs is 7. The van der Waals surface area contributed by atoms with Crippen LogP contribution >= 0.6 is 0 Å². The van der Waals surface area contributed by atoms with Crippen LogP contribution in [0.15, 0.2) is 69.8 Å². The Morgan fingerprint density at radius 1 is 1.07 bits per heavy atom. The fourth-order valence-corrected chi connectivity index (χ4v) is 9.06. The van der Waals surface area contributed by atoms with Crippen molar-refractivity contribution >= 4 is 28.4 Å². The molecule has 1 spiro atoms. The minimum Gasteiger partial charge on any atom is -0.506 e. The molecule has 2 amide bonds. The van der Waals surface area contributed by atoms with E-state index in [1.165, 1.54) is 0 Å². The molecule has 2 unspecified atom stereocenters. The quantitative estimate of drug-likeness (QED) is 0.140. The summed E-state index contributed by atoms with van der Waals surface area (Å²) in [6.45, 7) is 7.40. The Hall–Kier alpha value is -6.08. The molecule has 0 fully saturated rings. The minimum absolute atomic E-state index is 0.136. The molecule has 280 valence electrons. The molecular formula is C42H40N6O7. The van der Waals surface area contributed by atoms with Gasteiger partial charge in [0.05, 0.1) is 11.7 Å². The molecule has 7 heterocycles. The lowest BCUT2D eigenvalue weighted by Gasteiger charge is -2.30. The Morgan fingerprint density at radius 3 is 2.67 bits per heavy atom. The van der Waals surface area contributed by atoms with E-state index in [0.29, 0.717) is 28.5 Å². The van der Waals surface area contributed by atoms with Gasteiger partial charge in [0.25, 0.3) is 5.91 Å². The molecule has 3 aromatic heterocycles. The summed E-state index contributed by atoms with van der Waals surface area (Å²) in [5.41, 5.74) is 4.04. The normalized spacial score (nSPS) is 21.7. The molecule has 10 bridgehead atoms. The molecule has 5 N–H and O–H groups in total. The maximum atomic E-state index is 14.3. The third kappa shape index (κ3) is 4.44. The monoisotopic (exact) mass is 740 g/mol. The Labute approximate surface area is 315 Å². The molecule has 6 aromatic rings. The highest BCUT2D eigenvalue weighted by Gasteiger charge is 2.61. The van der Waals surface area contributed by atoms with Gasteiger partial charge in [-0.2, -0.15) is 0 Å². The first kappa shape index (κ1) is 33.5. The maximum Gasteiger partial charge on any atom is 0.252 e. The fraction of sp³-hybridized carbons (Fsp3) is 0.333. The van der Waals surface area contributed by atoms with Gasteiger partial charge in [0.2, 0.25) is 17.7 Å². The van der Waals surface area contributed by atoms with Crippen molar-refractivity contribution in [3.8, 4) is 45.5 Å². The number of anilines is 1. The summed E-state index contributed by atoms with van der Waals surface area (Å²) in [4.78, 5) is 37.8. The van der Waals surface area contributed by atoms with Crippen molar-refractivity contribution in [1.82, 2.24) is 25.2 Å². The number of aliphatic hydroxyl groups is 1. The number of phenols is 1. The highest BCUT2D eigenvalue weighted by molar-refractivity contribution is 6.10. The Morgan fingerprint density at radius 2 is 1.89 bits per heavy atom. The van der Waals surface area contributed by atoms with Crippen molar-refractivity contribution in [3.05, 3.63) is 89.3 Å². The lowest BCUT2D eigenvalue weighted by molar-refractivity contribution is -0.143. The summed E-state index contributed by atoms with van der Waals surface area (Å²) in [7, 11) is 1.89. The fourth-order valence-electron chi connectivity index (χ4n) is 9.06. The van der Waals surface area contributed by atoms with Crippen LogP contribution in [-0.2, 0) is 28.5 Å². The van der Waals surface area contributed by atoms with Gasteiger partial charge in [-0.3, -0.25) is 9.59 Å². The van der Waals surface area contributed by atoms with E-state index in [0.717, 1.165) is 44.5 Å². The Kier molecular flexibility index (Phi) is 6.98. The van der Waals surface area contributed by atoms with Crippen LogP contribution in [0.1, 0.15) is 74.9 Å². The number of phenolic OH excluding ortho intramolecular Hbond substituents is 1. The van der Waals surface area contributed by atoms with Gasteiger partial charge in [0.15, 0.2) is 23.4 Å². The number of hydrogen-bond donors (Lipinski definition) is 5. The van der Waals surface area contributed by atoms with Crippen molar-refractivity contribution in [1.29, 1.82) is 0 Å². The average Bonchev–Trinajstić information content (AvgIpc) is 3.99. The second-order valence-electron chi connectivity index (χ2n) is 15.5. The molecule has 55 heavy (non-hydrogen) atoms. The van der Waals surface area contributed by atoms with E-state index in [4.69, 9.17) is 23.5 Å². The number of benzene rings is 3. The smallest absolute Gasteiger partial charge is 0.252 e. The third-order valence-electron chi connectivity index (χ3n) is 12.1. The number of amides is 2. The number of nitrogens with zero attached hydrogens (tertiary/aromatic N) is 3. The zero-order valence-corrected chi connectivity index (χ0v) is 31.0. The minimum atomic E-state index is -1.63. The topological polar surface area (TPSA) is 177 Å².